The Hall–Kier alpha value is -3.26. The molecule has 142 valence electrons. The lowest BCUT2D eigenvalue weighted by Crippen LogP contribution is -2.14. The number of aryl methyl sites for hydroxylation is 1. The van der Waals surface area contributed by atoms with E-state index in [0.29, 0.717) is 46.9 Å². The molecule has 2 aromatic heterocycles. The third-order valence-electron chi connectivity index (χ3n) is 4.33. The van der Waals surface area contributed by atoms with Crippen molar-refractivity contribution in [2.24, 2.45) is 0 Å². The lowest BCUT2D eigenvalue weighted by atomic mass is 10.2. The minimum absolute atomic E-state index is 0.124. The second-order valence-electron chi connectivity index (χ2n) is 6.26. The number of anilines is 1. The topological polar surface area (TPSA) is 97.0 Å². The van der Waals surface area contributed by atoms with Crippen molar-refractivity contribution in [3.8, 4) is 5.75 Å². The predicted molar refractivity (Wildman–Crippen MR) is 110 cm³/mol. The monoisotopic (exact) mass is 394 g/mol. The zero-order valence-corrected chi connectivity index (χ0v) is 16.0. The SMILES string of the molecule is COc1cccc2sc(NC(=O)CCCc3nc4ccccc4c(=O)[nH]3)nc12. The van der Waals surface area contributed by atoms with Crippen LogP contribution in [-0.4, -0.2) is 28.0 Å². The molecule has 0 spiro atoms. The molecule has 0 aliphatic rings. The number of thiazole rings is 1. The maximum Gasteiger partial charge on any atom is 0.258 e. The molecule has 4 aromatic rings. The van der Waals surface area contributed by atoms with Gasteiger partial charge in [-0.2, -0.15) is 0 Å². The minimum atomic E-state index is -0.159. The van der Waals surface area contributed by atoms with Crippen molar-refractivity contribution in [3.63, 3.8) is 0 Å². The van der Waals surface area contributed by atoms with E-state index in [1.54, 1.807) is 19.2 Å². The highest BCUT2D eigenvalue weighted by atomic mass is 32.1. The predicted octanol–water partition coefficient (Wildman–Crippen LogP) is 3.50. The Morgan fingerprint density at radius 2 is 2.04 bits per heavy atom. The number of rotatable bonds is 6. The fourth-order valence-corrected chi connectivity index (χ4v) is 3.89. The van der Waals surface area contributed by atoms with Crippen molar-refractivity contribution < 1.29 is 9.53 Å². The molecule has 0 aliphatic carbocycles. The Morgan fingerprint density at radius 1 is 1.18 bits per heavy atom. The number of H-pyrrole nitrogens is 1. The molecule has 0 fully saturated rings. The highest BCUT2D eigenvalue weighted by Crippen LogP contribution is 2.32. The standard InChI is InChI=1S/C20H18N4O3S/c1-27-14-8-4-9-15-18(14)24-20(28-15)23-17(25)11-5-10-16-21-13-7-3-2-6-12(13)19(26)22-16/h2-4,6-9H,5,10-11H2,1H3,(H,21,22,26)(H,23,24,25). The number of benzene rings is 2. The molecule has 0 unspecified atom stereocenters. The van der Waals surface area contributed by atoms with Gasteiger partial charge in [0.25, 0.3) is 5.56 Å². The number of amides is 1. The average molecular weight is 394 g/mol. The summed E-state index contributed by atoms with van der Waals surface area (Å²) in [5.41, 5.74) is 1.24. The third kappa shape index (κ3) is 3.72. The van der Waals surface area contributed by atoms with Crippen LogP contribution in [-0.2, 0) is 11.2 Å². The molecular formula is C20H18N4O3S. The maximum atomic E-state index is 12.2. The van der Waals surface area contributed by atoms with Gasteiger partial charge < -0.3 is 15.0 Å². The lowest BCUT2D eigenvalue weighted by Gasteiger charge is -2.03. The van der Waals surface area contributed by atoms with Crippen LogP contribution in [0, 0.1) is 0 Å². The van der Waals surface area contributed by atoms with Gasteiger partial charge in [-0.05, 0) is 30.7 Å². The zero-order chi connectivity index (χ0) is 19.5. The summed E-state index contributed by atoms with van der Waals surface area (Å²) in [6, 6.07) is 12.9. The number of aromatic amines is 1. The van der Waals surface area contributed by atoms with Crippen molar-refractivity contribution in [2.75, 3.05) is 12.4 Å². The summed E-state index contributed by atoms with van der Waals surface area (Å²) < 4.78 is 6.25. The summed E-state index contributed by atoms with van der Waals surface area (Å²) in [7, 11) is 1.59. The summed E-state index contributed by atoms with van der Waals surface area (Å²) in [4.78, 5) is 36.0. The van der Waals surface area contributed by atoms with Crippen LogP contribution in [0.25, 0.3) is 21.1 Å². The number of carbonyl (C=O) groups excluding carboxylic acids is 1. The molecule has 0 bridgehead atoms. The van der Waals surface area contributed by atoms with Gasteiger partial charge in [0.1, 0.15) is 17.1 Å². The van der Waals surface area contributed by atoms with Crippen LogP contribution in [0.5, 0.6) is 5.75 Å². The number of ether oxygens (including phenoxy) is 1. The Labute approximate surface area is 164 Å². The number of carbonyl (C=O) groups is 1. The highest BCUT2D eigenvalue weighted by Gasteiger charge is 2.11. The van der Waals surface area contributed by atoms with E-state index >= 15 is 0 Å². The fourth-order valence-electron chi connectivity index (χ4n) is 2.99. The third-order valence-corrected chi connectivity index (χ3v) is 5.26. The van der Waals surface area contributed by atoms with Crippen molar-refractivity contribution in [3.05, 3.63) is 58.6 Å². The first-order valence-electron chi connectivity index (χ1n) is 8.85. The van der Waals surface area contributed by atoms with E-state index in [-0.39, 0.29) is 11.5 Å². The molecule has 0 saturated heterocycles. The van der Waals surface area contributed by atoms with Crippen LogP contribution in [0.2, 0.25) is 0 Å². The number of hydrogen-bond donors (Lipinski definition) is 2. The van der Waals surface area contributed by atoms with Gasteiger partial charge >= 0.3 is 0 Å². The van der Waals surface area contributed by atoms with E-state index in [9.17, 15) is 9.59 Å². The van der Waals surface area contributed by atoms with E-state index in [1.807, 2.05) is 30.3 Å². The Bertz CT molecular complexity index is 1220. The molecule has 2 heterocycles. The van der Waals surface area contributed by atoms with Gasteiger partial charge in [-0.25, -0.2) is 9.97 Å². The molecule has 7 nitrogen and oxygen atoms in total. The van der Waals surface area contributed by atoms with E-state index in [0.717, 1.165) is 10.2 Å². The molecular weight excluding hydrogens is 376 g/mol. The van der Waals surface area contributed by atoms with Gasteiger partial charge in [-0.15, -0.1) is 0 Å². The quantitative estimate of drug-likeness (QED) is 0.522. The number of methoxy groups -OCH3 is 1. The number of nitrogens with one attached hydrogen (secondary N) is 2. The summed E-state index contributed by atoms with van der Waals surface area (Å²) in [5.74, 6) is 1.14. The van der Waals surface area contributed by atoms with E-state index < -0.39 is 0 Å². The fraction of sp³-hybridized carbons (Fsp3) is 0.200. The summed E-state index contributed by atoms with van der Waals surface area (Å²) in [6.45, 7) is 0. The molecule has 0 atom stereocenters. The maximum absolute atomic E-state index is 12.2. The van der Waals surface area contributed by atoms with E-state index in [2.05, 4.69) is 20.3 Å². The lowest BCUT2D eigenvalue weighted by molar-refractivity contribution is -0.116. The van der Waals surface area contributed by atoms with Gasteiger partial charge in [-0.1, -0.05) is 29.5 Å². The summed E-state index contributed by atoms with van der Waals surface area (Å²) in [6.07, 6.45) is 1.39. The number of hydrogen-bond acceptors (Lipinski definition) is 6. The van der Waals surface area contributed by atoms with Crippen LogP contribution in [0.1, 0.15) is 18.7 Å². The summed E-state index contributed by atoms with van der Waals surface area (Å²) in [5, 5.41) is 3.94. The van der Waals surface area contributed by atoms with Crippen molar-refractivity contribution in [1.29, 1.82) is 0 Å². The number of nitrogens with zero attached hydrogens (tertiary/aromatic N) is 2. The zero-order valence-electron chi connectivity index (χ0n) is 15.2. The second kappa shape index (κ2) is 7.77. The number of aromatic nitrogens is 3. The molecule has 2 aromatic carbocycles. The molecule has 28 heavy (non-hydrogen) atoms. The minimum Gasteiger partial charge on any atom is -0.494 e. The van der Waals surface area contributed by atoms with Crippen LogP contribution in [0.15, 0.2) is 47.3 Å². The average Bonchev–Trinajstić information content (AvgIpc) is 3.10. The first-order valence-corrected chi connectivity index (χ1v) is 9.67. The first kappa shape index (κ1) is 18.1. The van der Waals surface area contributed by atoms with Crippen LogP contribution >= 0.6 is 11.3 Å². The first-order chi connectivity index (χ1) is 13.6. The Balaban J connectivity index is 1.38. The van der Waals surface area contributed by atoms with Crippen LogP contribution in [0.4, 0.5) is 5.13 Å². The molecule has 2 N–H and O–H groups in total. The smallest absolute Gasteiger partial charge is 0.258 e. The normalized spacial score (nSPS) is 11.0. The Morgan fingerprint density at radius 3 is 2.89 bits per heavy atom. The van der Waals surface area contributed by atoms with Gasteiger partial charge in [0.15, 0.2) is 5.13 Å². The van der Waals surface area contributed by atoms with Crippen molar-refractivity contribution in [1.82, 2.24) is 15.0 Å². The summed E-state index contributed by atoms with van der Waals surface area (Å²) >= 11 is 1.41. The largest absolute Gasteiger partial charge is 0.494 e. The molecule has 4 rings (SSSR count). The van der Waals surface area contributed by atoms with E-state index in [1.165, 1.54) is 11.3 Å². The number of fused-ring (bicyclic) bond motifs is 2. The van der Waals surface area contributed by atoms with Crippen LogP contribution in [0.3, 0.4) is 0 Å². The number of para-hydroxylation sites is 2. The molecule has 8 heteroatoms. The van der Waals surface area contributed by atoms with Gasteiger partial charge in [0, 0.05) is 12.8 Å². The van der Waals surface area contributed by atoms with Gasteiger partial charge in [0.05, 0.1) is 22.7 Å². The molecule has 0 saturated carbocycles. The van der Waals surface area contributed by atoms with E-state index in [4.69, 9.17) is 4.74 Å². The van der Waals surface area contributed by atoms with Gasteiger partial charge in [0.2, 0.25) is 5.91 Å². The molecule has 0 aliphatic heterocycles. The Kier molecular flexibility index (Phi) is 5.03. The molecule has 1 amide bonds. The van der Waals surface area contributed by atoms with Gasteiger partial charge in [-0.3, -0.25) is 9.59 Å². The van der Waals surface area contributed by atoms with Crippen molar-refractivity contribution in [2.45, 2.75) is 19.3 Å². The van der Waals surface area contributed by atoms with Crippen molar-refractivity contribution >= 4 is 43.5 Å². The highest BCUT2D eigenvalue weighted by molar-refractivity contribution is 7.22. The second-order valence-corrected chi connectivity index (χ2v) is 7.29. The molecule has 0 radical (unpaired) electrons. The van der Waals surface area contributed by atoms with Crippen LogP contribution < -0.4 is 15.6 Å².